The highest BCUT2D eigenvalue weighted by molar-refractivity contribution is 8.16. The van der Waals surface area contributed by atoms with Gasteiger partial charge in [0.1, 0.15) is 0 Å². The Kier molecular flexibility index (Phi) is 13.9. The van der Waals surface area contributed by atoms with E-state index < -0.39 is 0 Å². The Hall–Kier alpha value is 0.580. The summed E-state index contributed by atoms with van der Waals surface area (Å²) in [5, 5.41) is 11.1. The van der Waals surface area contributed by atoms with Gasteiger partial charge in [-0.1, -0.05) is 12.8 Å². The van der Waals surface area contributed by atoms with Crippen LogP contribution < -0.4 is 16.0 Å². The molecule has 0 aromatic rings. The predicted octanol–water partition coefficient (Wildman–Crippen LogP) is 2.14. The van der Waals surface area contributed by atoms with E-state index in [9.17, 15) is 0 Å². The van der Waals surface area contributed by atoms with Gasteiger partial charge in [0.2, 0.25) is 0 Å². The van der Waals surface area contributed by atoms with Gasteiger partial charge in [0, 0.05) is 31.3 Å². The smallest absolute Gasteiger partial charge is 0.0392 e. The van der Waals surface area contributed by atoms with Crippen molar-refractivity contribution in [3.63, 3.8) is 0 Å². The van der Waals surface area contributed by atoms with Gasteiger partial charge in [-0.25, -0.2) is 0 Å². The minimum absolute atomic E-state index is 1.14. The molecule has 3 nitrogen and oxygen atoms in total. The third-order valence-electron chi connectivity index (χ3n) is 3.16. The highest BCUT2D eigenvalue weighted by Gasteiger charge is 1.96. The van der Waals surface area contributed by atoms with Gasteiger partial charge in [-0.2, -0.15) is 23.5 Å². The highest BCUT2D eigenvalue weighted by Crippen LogP contribution is 2.19. The van der Waals surface area contributed by atoms with Crippen molar-refractivity contribution < 1.29 is 0 Å². The molecule has 3 heterocycles. The largest absolute Gasteiger partial charge is 0.317 e. The standard InChI is InChI=1S/C6H13N.C4H10N2.C4H8S2/c1-2-4-6-7-5-3-1;1-2-6-4-3-5-1;1-2-5-4-6-3-1/h7H,1-6H2;5-6H,1-4H2;1-4H2. The molecule has 3 aliphatic heterocycles. The first-order valence-corrected chi connectivity index (χ1v) is 10.1. The molecule has 19 heavy (non-hydrogen) atoms. The van der Waals surface area contributed by atoms with Crippen molar-refractivity contribution in [2.45, 2.75) is 32.1 Å². The Morgan fingerprint density at radius 1 is 0.474 bits per heavy atom. The van der Waals surface area contributed by atoms with Crippen LogP contribution in [0.5, 0.6) is 0 Å². The van der Waals surface area contributed by atoms with Gasteiger partial charge >= 0.3 is 0 Å². The van der Waals surface area contributed by atoms with Crippen LogP contribution in [0.1, 0.15) is 32.1 Å². The fourth-order valence-corrected chi connectivity index (χ4v) is 4.32. The predicted molar refractivity (Wildman–Crippen MR) is 91.5 cm³/mol. The van der Waals surface area contributed by atoms with Gasteiger partial charge in [-0.3, -0.25) is 0 Å². The molecule has 0 bridgehead atoms. The minimum atomic E-state index is 1.14. The Labute approximate surface area is 127 Å². The lowest BCUT2D eigenvalue weighted by Crippen LogP contribution is -2.39. The lowest BCUT2D eigenvalue weighted by molar-refractivity contribution is 0.534. The van der Waals surface area contributed by atoms with Crippen molar-refractivity contribution in [2.75, 3.05) is 55.9 Å². The summed E-state index contributed by atoms with van der Waals surface area (Å²) >= 11 is 4.12. The van der Waals surface area contributed by atoms with Gasteiger partial charge in [-0.15, -0.1) is 0 Å². The summed E-state index contributed by atoms with van der Waals surface area (Å²) in [6, 6.07) is 0. The number of hydrogen-bond donors (Lipinski definition) is 3. The van der Waals surface area contributed by atoms with Crippen molar-refractivity contribution >= 4 is 23.5 Å². The van der Waals surface area contributed by atoms with E-state index in [-0.39, 0.29) is 0 Å². The summed E-state index contributed by atoms with van der Waals surface area (Å²) in [5.74, 6) is 2.79. The van der Waals surface area contributed by atoms with Crippen molar-refractivity contribution in [1.29, 1.82) is 0 Å². The minimum Gasteiger partial charge on any atom is -0.317 e. The Balaban J connectivity index is 0.000000143. The molecule has 0 saturated carbocycles. The molecular formula is C14H31N3S2. The van der Waals surface area contributed by atoms with E-state index >= 15 is 0 Å². The molecule has 0 aliphatic carbocycles. The van der Waals surface area contributed by atoms with E-state index in [4.69, 9.17) is 0 Å². The van der Waals surface area contributed by atoms with E-state index in [0.29, 0.717) is 0 Å². The van der Waals surface area contributed by atoms with Crippen LogP contribution in [0.2, 0.25) is 0 Å². The molecule has 5 heteroatoms. The number of thioether (sulfide) groups is 2. The molecule has 3 aliphatic rings. The maximum Gasteiger partial charge on any atom is 0.0392 e. The van der Waals surface area contributed by atoms with Crippen molar-refractivity contribution in [3.05, 3.63) is 0 Å². The summed E-state index contributed by atoms with van der Waals surface area (Å²) in [4.78, 5) is 0. The molecule has 3 N–H and O–H groups in total. The molecule has 3 fully saturated rings. The van der Waals surface area contributed by atoms with E-state index in [1.165, 1.54) is 61.8 Å². The molecular weight excluding hydrogens is 274 g/mol. The summed E-state index contributed by atoms with van der Waals surface area (Å²) in [6.45, 7) is 7.06. The number of hydrogen-bond acceptors (Lipinski definition) is 5. The van der Waals surface area contributed by atoms with Crippen LogP contribution in [-0.4, -0.2) is 55.9 Å². The second-order valence-corrected chi connectivity index (χ2v) is 7.53. The summed E-state index contributed by atoms with van der Waals surface area (Å²) in [5.41, 5.74) is 0. The first-order chi connectivity index (χ1) is 9.50. The molecule has 0 aromatic carbocycles. The topological polar surface area (TPSA) is 36.1 Å². The first-order valence-electron chi connectivity index (χ1n) is 7.78. The van der Waals surface area contributed by atoms with Gasteiger partial charge in [0.25, 0.3) is 0 Å². The number of piperazine rings is 1. The van der Waals surface area contributed by atoms with Gasteiger partial charge < -0.3 is 16.0 Å². The average molecular weight is 306 g/mol. The molecule has 114 valence electrons. The van der Waals surface area contributed by atoms with Crippen molar-refractivity contribution in [2.24, 2.45) is 0 Å². The van der Waals surface area contributed by atoms with E-state index in [1.807, 2.05) is 0 Å². The Morgan fingerprint density at radius 2 is 0.947 bits per heavy atom. The summed E-state index contributed by atoms with van der Waals surface area (Å²) in [6.07, 6.45) is 7.08. The fourth-order valence-electron chi connectivity index (χ4n) is 2.02. The maximum absolute atomic E-state index is 3.35. The highest BCUT2D eigenvalue weighted by atomic mass is 32.2. The Bertz CT molecular complexity index is 119. The quantitative estimate of drug-likeness (QED) is 0.639. The summed E-state index contributed by atoms with van der Waals surface area (Å²) < 4.78 is 0. The van der Waals surface area contributed by atoms with Crippen LogP contribution in [0.4, 0.5) is 0 Å². The van der Waals surface area contributed by atoms with Crippen LogP contribution in [0.15, 0.2) is 0 Å². The molecule has 3 rings (SSSR count). The molecule has 0 atom stereocenters. The molecule has 3 saturated heterocycles. The molecule has 0 aromatic heterocycles. The van der Waals surface area contributed by atoms with E-state index in [2.05, 4.69) is 39.5 Å². The number of rotatable bonds is 0. The maximum atomic E-state index is 3.35. The zero-order valence-corrected chi connectivity index (χ0v) is 13.8. The second-order valence-electron chi connectivity index (χ2n) is 4.95. The van der Waals surface area contributed by atoms with Crippen LogP contribution in [0.25, 0.3) is 0 Å². The fraction of sp³-hybridized carbons (Fsp3) is 1.00. The third-order valence-corrected chi connectivity index (χ3v) is 5.65. The van der Waals surface area contributed by atoms with Crippen LogP contribution in [0.3, 0.4) is 0 Å². The molecule has 0 amide bonds. The first kappa shape index (κ1) is 17.6. The average Bonchev–Trinajstić information content (AvgIpc) is 2.85. The number of nitrogens with one attached hydrogen (secondary N) is 3. The van der Waals surface area contributed by atoms with Gasteiger partial charge in [-0.05, 0) is 43.9 Å². The van der Waals surface area contributed by atoms with Crippen molar-refractivity contribution in [1.82, 2.24) is 16.0 Å². The second kappa shape index (κ2) is 15.0. The van der Waals surface area contributed by atoms with Crippen LogP contribution in [0, 0.1) is 0 Å². The lowest BCUT2D eigenvalue weighted by atomic mass is 10.2. The van der Waals surface area contributed by atoms with E-state index in [0.717, 1.165) is 26.2 Å². The molecule has 0 unspecified atom stereocenters. The molecule has 0 spiro atoms. The van der Waals surface area contributed by atoms with Crippen LogP contribution in [-0.2, 0) is 0 Å². The van der Waals surface area contributed by atoms with Gasteiger partial charge in [0.05, 0.1) is 0 Å². The van der Waals surface area contributed by atoms with Gasteiger partial charge in [0.15, 0.2) is 0 Å². The third kappa shape index (κ3) is 13.3. The van der Waals surface area contributed by atoms with E-state index in [1.54, 1.807) is 0 Å². The monoisotopic (exact) mass is 305 g/mol. The lowest BCUT2D eigenvalue weighted by Gasteiger charge is -2.11. The SMILES string of the molecule is C1CCCNCC1.C1CNCCN1.C1CSCSC1. The zero-order valence-electron chi connectivity index (χ0n) is 12.2. The normalized spacial score (nSPS) is 24.0. The molecule has 0 radical (unpaired) electrons. The van der Waals surface area contributed by atoms with Crippen LogP contribution >= 0.6 is 23.5 Å². The van der Waals surface area contributed by atoms with Crippen molar-refractivity contribution in [3.8, 4) is 0 Å². The zero-order chi connectivity index (χ0) is 13.4. The Morgan fingerprint density at radius 3 is 1.26 bits per heavy atom. The summed E-state index contributed by atoms with van der Waals surface area (Å²) in [7, 11) is 0.